The average Bonchev–Trinajstić information content (AvgIpc) is 2.91. The molecule has 108 valence electrons. The van der Waals surface area contributed by atoms with E-state index in [0.29, 0.717) is 5.02 Å². The van der Waals surface area contributed by atoms with E-state index in [1.54, 1.807) is 0 Å². The molecule has 3 rings (SSSR count). The highest BCUT2D eigenvalue weighted by Gasteiger charge is 2.18. The molecule has 1 N–H and O–H groups in total. The second kappa shape index (κ2) is 6.10. The Labute approximate surface area is 133 Å². The molecule has 2 nitrogen and oxygen atoms in total. The Bertz CT molecular complexity index is 749. The second-order valence-electron chi connectivity index (χ2n) is 4.85. The zero-order valence-electron chi connectivity index (χ0n) is 11.6. The number of hydrogen-bond acceptors (Lipinski definition) is 2. The number of fused-ring (bicyclic) bond motifs is 1. The van der Waals surface area contributed by atoms with Crippen molar-refractivity contribution >= 4 is 34.2 Å². The zero-order valence-corrected chi connectivity index (χ0v) is 13.1. The number of furan rings is 1. The Hall–Kier alpha value is -1.48. The fourth-order valence-corrected chi connectivity index (χ4v) is 2.78. The van der Waals surface area contributed by atoms with Crippen LogP contribution < -0.4 is 5.32 Å². The summed E-state index contributed by atoms with van der Waals surface area (Å²) in [5.74, 6) is 0.849. The molecule has 0 radical (unpaired) electrons. The monoisotopic (exact) mass is 319 g/mol. The van der Waals surface area contributed by atoms with Crippen molar-refractivity contribution in [3.63, 3.8) is 0 Å². The molecule has 2 aromatic carbocycles. The first-order valence-corrected chi connectivity index (χ1v) is 7.61. The van der Waals surface area contributed by atoms with Crippen LogP contribution in [0.1, 0.15) is 24.3 Å². The average molecular weight is 320 g/mol. The number of hydrogen-bond donors (Lipinski definition) is 1. The van der Waals surface area contributed by atoms with E-state index in [0.717, 1.165) is 33.9 Å². The molecule has 0 aliphatic carbocycles. The standard InChI is InChI=1S/C17H15Cl2NO/c1-2-20-16(11-6-8-13(18)9-7-11)15-10-12-4-3-5-14(19)17(12)21-15/h3-10,16,20H,2H2,1H3. The zero-order chi connectivity index (χ0) is 14.8. The molecule has 0 fully saturated rings. The third kappa shape index (κ3) is 2.93. The molecule has 0 saturated carbocycles. The predicted octanol–water partition coefficient (Wildman–Crippen LogP) is 5.44. The Morgan fingerprint density at radius 3 is 2.52 bits per heavy atom. The van der Waals surface area contributed by atoms with Crippen LogP contribution in [0.4, 0.5) is 0 Å². The summed E-state index contributed by atoms with van der Waals surface area (Å²) in [6.07, 6.45) is 0. The largest absolute Gasteiger partial charge is 0.457 e. The lowest BCUT2D eigenvalue weighted by atomic mass is 10.0. The topological polar surface area (TPSA) is 25.2 Å². The van der Waals surface area contributed by atoms with Gasteiger partial charge in [-0.3, -0.25) is 0 Å². The maximum absolute atomic E-state index is 6.19. The fourth-order valence-electron chi connectivity index (χ4n) is 2.43. The second-order valence-corrected chi connectivity index (χ2v) is 5.69. The first-order valence-electron chi connectivity index (χ1n) is 6.86. The van der Waals surface area contributed by atoms with Gasteiger partial charge in [0.05, 0.1) is 11.1 Å². The van der Waals surface area contributed by atoms with E-state index in [1.807, 2.05) is 48.5 Å². The van der Waals surface area contributed by atoms with Crippen molar-refractivity contribution < 1.29 is 4.42 Å². The molecular weight excluding hydrogens is 305 g/mol. The Morgan fingerprint density at radius 2 is 1.86 bits per heavy atom. The number of halogens is 2. The van der Waals surface area contributed by atoms with Crippen LogP contribution in [0, 0.1) is 0 Å². The van der Waals surface area contributed by atoms with E-state index in [1.165, 1.54) is 0 Å². The maximum Gasteiger partial charge on any atom is 0.152 e. The van der Waals surface area contributed by atoms with Crippen molar-refractivity contribution in [2.75, 3.05) is 6.54 Å². The van der Waals surface area contributed by atoms with Crippen LogP contribution in [0.3, 0.4) is 0 Å². The van der Waals surface area contributed by atoms with Gasteiger partial charge in [0.15, 0.2) is 5.58 Å². The van der Waals surface area contributed by atoms with Crippen LogP contribution in [-0.2, 0) is 0 Å². The summed E-state index contributed by atoms with van der Waals surface area (Å²) in [5, 5.41) is 5.80. The van der Waals surface area contributed by atoms with Crippen molar-refractivity contribution in [1.29, 1.82) is 0 Å². The number of benzene rings is 2. The lowest BCUT2D eigenvalue weighted by molar-refractivity contribution is 0.477. The summed E-state index contributed by atoms with van der Waals surface area (Å²) in [5.41, 5.74) is 1.84. The molecule has 1 unspecified atom stereocenters. The van der Waals surface area contributed by atoms with Gasteiger partial charge in [0.1, 0.15) is 5.76 Å². The summed E-state index contributed by atoms with van der Waals surface area (Å²) in [6.45, 7) is 2.90. The maximum atomic E-state index is 6.19. The quantitative estimate of drug-likeness (QED) is 0.692. The summed E-state index contributed by atoms with van der Waals surface area (Å²) < 4.78 is 5.97. The van der Waals surface area contributed by atoms with Crippen LogP contribution in [0.15, 0.2) is 52.9 Å². The van der Waals surface area contributed by atoms with Gasteiger partial charge >= 0.3 is 0 Å². The third-order valence-corrected chi connectivity index (χ3v) is 3.96. The minimum absolute atomic E-state index is 0.0178. The molecule has 0 amide bonds. The fraction of sp³-hybridized carbons (Fsp3) is 0.176. The summed E-state index contributed by atoms with van der Waals surface area (Å²) in [4.78, 5) is 0. The SMILES string of the molecule is CCNC(c1ccc(Cl)cc1)c1cc2cccc(Cl)c2o1. The van der Waals surface area contributed by atoms with Gasteiger partial charge in [-0.2, -0.15) is 0 Å². The van der Waals surface area contributed by atoms with E-state index in [4.69, 9.17) is 27.6 Å². The molecule has 1 aromatic heterocycles. The minimum atomic E-state index is -0.0178. The van der Waals surface area contributed by atoms with E-state index >= 15 is 0 Å². The molecule has 21 heavy (non-hydrogen) atoms. The first-order chi connectivity index (χ1) is 10.2. The molecule has 1 atom stereocenters. The highest BCUT2D eigenvalue weighted by Crippen LogP contribution is 2.32. The van der Waals surface area contributed by atoms with Gasteiger partial charge in [0.25, 0.3) is 0 Å². The summed E-state index contributed by atoms with van der Waals surface area (Å²) in [7, 11) is 0. The van der Waals surface area contributed by atoms with Crippen molar-refractivity contribution in [3.8, 4) is 0 Å². The van der Waals surface area contributed by atoms with Crippen LogP contribution in [-0.4, -0.2) is 6.54 Å². The third-order valence-electron chi connectivity index (χ3n) is 3.41. The van der Waals surface area contributed by atoms with Gasteiger partial charge in [0.2, 0.25) is 0 Å². The van der Waals surface area contributed by atoms with Gasteiger partial charge in [-0.15, -0.1) is 0 Å². The van der Waals surface area contributed by atoms with Gasteiger partial charge in [-0.25, -0.2) is 0 Å². The molecule has 0 saturated heterocycles. The van der Waals surface area contributed by atoms with Crippen molar-refractivity contribution in [1.82, 2.24) is 5.32 Å². The first kappa shape index (κ1) is 14.5. The predicted molar refractivity (Wildman–Crippen MR) is 88.2 cm³/mol. The molecular formula is C17H15Cl2NO. The van der Waals surface area contributed by atoms with Crippen LogP contribution in [0.25, 0.3) is 11.0 Å². The van der Waals surface area contributed by atoms with Crippen LogP contribution >= 0.6 is 23.2 Å². The van der Waals surface area contributed by atoms with E-state index in [9.17, 15) is 0 Å². The Balaban J connectivity index is 2.06. The minimum Gasteiger partial charge on any atom is -0.457 e. The molecule has 0 aliphatic heterocycles. The van der Waals surface area contributed by atoms with E-state index in [2.05, 4.69) is 12.2 Å². The smallest absolute Gasteiger partial charge is 0.152 e. The van der Waals surface area contributed by atoms with Crippen molar-refractivity contribution in [2.24, 2.45) is 0 Å². The summed E-state index contributed by atoms with van der Waals surface area (Å²) in [6, 6.07) is 15.6. The highest BCUT2D eigenvalue weighted by atomic mass is 35.5. The van der Waals surface area contributed by atoms with Gasteiger partial charge < -0.3 is 9.73 Å². The Kier molecular flexibility index (Phi) is 4.20. The normalized spacial score (nSPS) is 12.7. The molecule has 4 heteroatoms. The lowest BCUT2D eigenvalue weighted by Gasteiger charge is -2.16. The van der Waals surface area contributed by atoms with Crippen molar-refractivity contribution in [2.45, 2.75) is 13.0 Å². The molecule has 0 aliphatic rings. The van der Waals surface area contributed by atoms with Crippen molar-refractivity contribution in [3.05, 3.63) is 69.9 Å². The Morgan fingerprint density at radius 1 is 1.10 bits per heavy atom. The van der Waals surface area contributed by atoms with Crippen LogP contribution in [0.5, 0.6) is 0 Å². The highest BCUT2D eigenvalue weighted by molar-refractivity contribution is 6.34. The number of rotatable bonds is 4. The van der Waals surface area contributed by atoms with Gasteiger partial charge in [-0.1, -0.05) is 54.4 Å². The molecule has 0 bridgehead atoms. The lowest BCUT2D eigenvalue weighted by Crippen LogP contribution is -2.21. The molecule has 1 heterocycles. The molecule has 0 spiro atoms. The van der Waals surface area contributed by atoms with Gasteiger partial charge in [-0.05, 0) is 36.4 Å². The number of para-hydroxylation sites is 1. The summed E-state index contributed by atoms with van der Waals surface area (Å²) >= 11 is 12.2. The van der Waals surface area contributed by atoms with E-state index in [-0.39, 0.29) is 6.04 Å². The van der Waals surface area contributed by atoms with Crippen LogP contribution in [0.2, 0.25) is 10.0 Å². The van der Waals surface area contributed by atoms with Gasteiger partial charge in [0, 0.05) is 10.4 Å². The molecule has 3 aromatic rings. The number of nitrogens with one attached hydrogen (secondary N) is 1. The van der Waals surface area contributed by atoms with E-state index < -0.39 is 0 Å².